The second-order valence-electron chi connectivity index (χ2n) is 4.98. The second kappa shape index (κ2) is 7.36. The van der Waals surface area contributed by atoms with Crippen LogP contribution < -0.4 is 11.1 Å². The SMILES string of the molecule is COC(=O)CCCNC(=O)C1(CN)CCCCC1. The molecule has 0 aliphatic heterocycles. The van der Waals surface area contributed by atoms with Crippen molar-refractivity contribution in [2.75, 3.05) is 20.2 Å². The molecule has 0 radical (unpaired) electrons. The first kappa shape index (κ1) is 15.0. The van der Waals surface area contributed by atoms with E-state index in [0.717, 1.165) is 25.7 Å². The second-order valence-corrected chi connectivity index (χ2v) is 4.98. The molecule has 0 atom stereocenters. The highest BCUT2D eigenvalue weighted by atomic mass is 16.5. The Hall–Kier alpha value is -1.10. The van der Waals surface area contributed by atoms with Gasteiger partial charge in [-0.3, -0.25) is 9.59 Å². The molecule has 1 amide bonds. The summed E-state index contributed by atoms with van der Waals surface area (Å²) in [4.78, 5) is 23.1. The average Bonchev–Trinajstić information content (AvgIpc) is 2.43. The Labute approximate surface area is 108 Å². The van der Waals surface area contributed by atoms with Crippen molar-refractivity contribution in [3.8, 4) is 0 Å². The number of amides is 1. The minimum Gasteiger partial charge on any atom is -0.469 e. The number of carbonyl (C=O) groups is 2. The van der Waals surface area contributed by atoms with Crippen LogP contribution in [0.4, 0.5) is 0 Å². The van der Waals surface area contributed by atoms with Gasteiger partial charge in [-0.15, -0.1) is 0 Å². The summed E-state index contributed by atoms with van der Waals surface area (Å²) >= 11 is 0. The number of methoxy groups -OCH3 is 1. The summed E-state index contributed by atoms with van der Waals surface area (Å²) in [6.45, 7) is 0.922. The van der Waals surface area contributed by atoms with Gasteiger partial charge in [-0.2, -0.15) is 0 Å². The molecule has 0 aromatic heterocycles. The molecule has 0 spiro atoms. The Kier molecular flexibility index (Phi) is 6.12. The minimum absolute atomic E-state index is 0.0505. The fraction of sp³-hybridized carbons (Fsp3) is 0.846. The molecule has 104 valence electrons. The van der Waals surface area contributed by atoms with Crippen LogP contribution in [-0.4, -0.2) is 32.1 Å². The van der Waals surface area contributed by atoms with Gasteiger partial charge in [0.05, 0.1) is 12.5 Å². The van der Waals surface area contributed by atoms with Gasteiger partial charge in [0.2, 0.25) is 5.91 Å². The number of hydrogen-bond donors (Lipinski definition) is 2. The molecule has 0 unspecified atom stereocenters. The molecule has 3 N–H and O–H groups in total. The molecule has 0 heterocycles. The zero-order chi connectivity index (χ0) is 13.4. The Morgan fingerprint density at radius 2 is 1.94 bits per heavy atom. The van der Waals surface area contributed by atoms with Crippen LogP contribution in [0.1, 0.15) is 44.9 Å². The molecule has 0 bridgehead atoms. The van der Waals surface area contributed by atoms with E-state index in [1.165, 1.54) is 13.5 Å². The smallest absolute Gasteiger partial charge is 0.305 e. The minimum atomic E-state index is -0.372. The van der Waals surface area contributed by atoms with Crippen molar-refractivity contribution in [1.29, 1.82) is 0 Å². The Balaban J connectivity index is 2.32. The van der Waals surface area contributed by atoms with Crippen LogP contribution in [-0.2, 0) is 14.3 Å². The lowest BCUT2D eigenvalue weighted by atomic mass is 9.73. The predicted octanol–water partition coefficient (Wildman–Crippen LogP) is 0.965. The van der Waals surface area contributed by atoms with Gasteiger partial charge >= 0.3 is 5.97 Å². The number of nitrogens with one attached hydrogen (secondary N) is 1. The fourth-order valence-corrected chi connectivity index (χ4v) is 2.48. The van der Waals surface area contributed by atoms with Crippen molar-refractivity contribution in [1.82, 2.24) is 5.32 Å². The van der Waals surface area contributed by atoms with E-state index in [1.54, 1.807) is 0 Å². The number of carbonyl (C=O) groups excluding carboxylic acids is 2. The molecule has 1 fully saturated rings. The van der Waals surface area contributed by atoms with E-state index >= 15 is 0 Å². The Morgan fingerprint density at radius 3 is 2.50 bits per heavy atom. The molecule has 0 aromatic rings. The largest absolute Gasteiger partial charge is 0.469 e. The quantitative estimate of drug-likeness (QED) is 0.548. The molecule has 0 aromatic carbocycles. The summed E-state index contributed by atoms with van der Waals surface area (Å²) in [7, 11) is 1.37. The molecule has 1 saturated carbocycles. The van der Waals surface area contributed by atoms with Crippen molar-refractivity contribution in [2.24, 2.45) is 11.1 Å². The van der Waals surface area contributed by atoms with Crippen LogP contribution in [0.3, 0.4) is 0 Å². The van der Waals surface area contributed by atoms with E-state index in [1.807, 2.05) is 0 Å². The van der Waals surface area contributed by atoms with Gasteiger partial charge in [0.15, 0.2) is 0 Å². The maximum absolute atomic E-state index is 12.2. The van der Waals surface area contributed by atoms with Crippen molar-refractivity contribution in [3.05, 3.63) is 0 Å². The lowest BCUT2D eigenvalue weighted by Gasteiger charge is -2.34. The van der Waals surface area contributed by atoms with Gasteiger partial charge in [-0.25, -0.2) is 0 Å². The summed E-state index contributed by atoms with van der Waals surface area (Å²) in [5.41, 5.74) is 5.41. The van der Waals surface area contributed by atoms with Crippen LogP contribution in [0.5, 0.6) is 0 Å². The maximum atomic E-state index is 12.2. The lowest BCUT2D eigenvalue weighted by molar-refractivity contribution is -0.141. The monoisotopic (exact) mass is 256 g/mol. The average molecular weight is 256 g/mol. The Morgan fingerprint density at radius 1 is 1.28 bits per heavy atom. The number of esters is 1. The molecule has 1 rings (SSSR count). The van der Waals surface area contributed by atoms with E-state index in [2.05, 4.69) is 10.1 Å². The number of ether oxygens (including phenoxy) is 1. The third-order valence-corrected chi connectivity index (χ3v) is 3.75. The molecule has 1 aliphatic carbocycles. The summed E-state index contributed by atoms with van der Waals surface area (Å²) < 4.78 is 4.54. The van der Waals surface area contributed by atoms with Gasteiger partial charge in [0.1, 0.15) is 0 Å². The van der Waals surface area contributed by atoms with Crippen LogP contribution in [0.2, 0.25) is 0 Å². The highest BCUT2D eigenvalue weighted by Crippen LogP contribution is 2.35. The number of nitrogens with two attached hydrogens (primary N) is 1. The lowest BCUT2D eigenvalue weighted by Crippen LogP contribution is -2.47. The zero-order valence-electron chi connectivity index (χ0n) is 11.2. The highest BCUT2D eigenvalue weighted by Gasteiger charge is 2.37. The van der Waals surface area contributed by atoms with Gasteiger partial charge in [-0.05, 0) is 19.3 Å². The normalized spacial score (nSPS) is 18.1. The van der Waals surface area contributed by atoms with Gasteiger partial charge in [0, 0.05) is 19.5 Å². The third-order valence-electron chi connectivity index (χ3n) is 3.75. The fourth-order valence-electron chi connectivity index (χ4n) is 2.48. The van der Waals surface area contributed by atoms with E-state index < -0.39 is 0 Å². The summed E-state index contributed by atoms with van der Waals surface area (Å²) in [6.07, 6.45) is 6.06. The van der Waals surface area contributed by atoms with Gasteiger partial charge < -0.3 is 15.8 Å². The van der Waals surface area contributed by atoms with Crippen LogP contribution in [0.15, 0.2) is 0 Å². The first-order valence-corrected chi connectivity index (χ1v) is 6.70. The van der Waals surface area contributed by atoms with Crippen LogP contribution in [0.25, 0.3) is 0 Å². The molecular weight excluding hydrogens is 232 g/mol. The molecule has 0 saturated heterocycles. The van der Waals surface area contributed by atoms with E-state index in [-0.39, 0.29) is 17.3 Å². The van der Waals surface area contributed by atoms with Crippen molar-refractivity contribution in [2.45, 2.75) is 44.9 Å². The predicted molar refractivity (Wildman–Crippen MR) is 68.8 cm³/mol. The maximum Gasteiger partial charge on any atom is 0.305 e. The van der Waals surface area contributed by atoms with Gasteiger partial charge in [-0.1, -0.05) is 19.3 Å². The van der Waals surface area contributed by atoms with Crippen LogP contribution in [0, 0.1) is 5.41 Å². The highest BCUT2D eigenvalue weighted by molar-refractivity contribution is 5.83. The molecule has 18 heavy (non-hydrogen) atoms. The molecular formula is C13H24N2O3. The molecule has 1 aliphatic rings. The standard InChI is InChI=1S/C13H24N2O3/c1-18-11(16)6-5-9-15-12(17)13(10-14)7-3-2-4-8-13/h2-10,14H2,1H3,(H,15,17). The number of rotatable bonds is 6. The van der Waals surface area contributed by atoms with Crippen LogP contribution >= 0.6 is 0 Å². The first-order valence-electron chi connectivity index (χ1n) is 6.70. The first-order chi connectivity index (χ1) is 8.64. The van der Waals surface area contributed by atoms with E-state index in [9.17, 15) is 9.59 Å². The summed E-state index contributed by atoms with van der Waals surface area (Å²) in [5, 5.41) is 2.90. The summed E-state index contributed by atoms with van der Waals surface area (Å²) in [6, 6.07) is 0. The van der Waals surface area contributed by atoms with Crippen molar-refractivity contribution in [3.63, 3.8) is 0 Å². The third kappa shape index (κ3) is 3.98. The molecule has 5 nitrogen and oxygen atoms in total. The van der Waals surface area contributed by atoms with E-state index in [4.69, 9.17) is 5.73 Å². The topological polar surface area (TPSA) is 81.4 Å². The van der Waals surface area contributed by atoms with Gasteiger partial charge in [0.25, 0.3) is 0 Å². The van der Waals surface area contributed by atoms with Crippen molar-refractivity contribution >= 4 is 11.9 Å². The zero-order valence-corrected chi connectivity index (χ0v) is 11.2. The van der Waals surface area contributed by atoms with Crippen molar-refractivity contribution < 1.29 is 14.3 Å². The summed E-state index contributed by atoms with van der Waals surface area (Å²) in [5.74, 6) is -0.190. The number of hydrogen-bond acceptors (Lipinski definition) is 4. The van der Waals surface area contributed by atoms with E-state index in [0.29, 0.717) is 25.9 Å². The Bertz CT molecular complexity index is 286. The molecule has 5 heteroatoms.